The van der Waals surface area contributed by atoms with E-state index in [0.29, 0.717) is 18.2 Å². The van der Waals surface area contributed by atoms with Crippen molar-refractivity contribution in [3.05, 3.63) is 24.1 Å². The van der Waals surface area contributed by atoms with Crippen molar-refractivity contribution in [2.75, 3.05) is 18.4 Å². The topological polar surface area (TPSA) is 67.2 Å². The molecule has 1 aliphatic rings. The average Bonchev–Trinajstić information content (AvgIpc) is 2.97. The van der Waals surface area contributed by atoms with Crippen LogP contribution in [0.4, 0.5) is 5.69 Å². The summed E-state index contributed by atoms with van der Waals surface area (Å²) in [5.41, 5.74) is 2.20. The van der Waals surface area contributed by atoms with Crippen molar-refractivity contribution in [2.45, 2.75) is 51.9 Å². The minimum absolute atomic E-state index is 0. The third-order valence-electron chi connectivity index (χ3n) is 4.55. The largest absolute Gasteiger partial charge is 0.440 e. The number of anilines is 1. The van der Waals surface area contributed by atoms with Crippen LogP contribution in [-0.4, -0.2) is 24.0 Å². The molecule has 0 spiro atoms. The summed E-state index contributed by atoms with van der Waals surface area (Å²) in [4.78, 5) is 16.7. The van der Waals surface area contributed by atoms with Crippen LogP contribution in [0.1, 0.15) is 52.3 Å². The summed E-state index contributed by atoms with van der Waals surface area (Å²) in [5, 5.41) is 6.34. The molecule has 0 atom stereocenters. The highest BCUT2D eigenvalue weighted by atomic mass is 35.5. The van der Waals surface area contributed by atoms with E-state index < -0.39 is 0 Å². The van der Waals surface area contributed by atoms with E-state index in [1.807, 2.05) is 18.2 Å². The minimum atomic E-state index is -0.128. The molecule has 0 radical (unpaired) electrons. The number of nitrogens with one attached hydrogen (secondary N) is 2. The Balaban J connectivity index is 0.00000225. The molecule has 1 aromatic carbocycles. The lowest BCUT2D eigenvalue weighted by Gasteiger charge is -2.22. The fourth-order valence-corrected chi connectivity index (χ4v) is 3.06. The van der Waals surface area contributed by atoms with Gasteiger partial charge in [0.15, 0.2) is 5.58 Å². The molecule has 1 aromatic heterocycles. The quantitative estimate of drug-likeness (QED) is 0.849. The minimum Gasteiger partial charge on any atom is -0.440 e. The van der Waals surface area contributed by atoms with Gasteiger partial charge in [0.05, 0.1) is 0 Å². The van der Waals surface area contributed by atoms with Gasteiger partial charge in [-0.25, -0.2) is 4.98 Å². The lowest BCUT2D eigenvalue weighted by atomic mass is 9.93. The first-order valence-electron chi connectivity index (χ1n) is 8.83. The Morgan fingerprint density at radius 3 is 2.72 bits per heavy atom. The second kappa shape index (κ2) is 8.19. The number of piperidine rings is 1. The molecule has 138 valence electrons. The number of carbonyl (C=O) groups is 1. The fourth-order valence-electron chi connectivity index (χ4n) is 3.06. The molecule has 3 rings (SSSR count). The molecule has 1 fully saturated rings. The molecule has 2 N–H and O–H groups in total. The van der Waals surface area contributed by atoms with Gasteiger partial charge in [-0.05, 0) is 56.5 Å². The summed E-state index contributed by atoms with van der Waals surface area (Å²) in [6.45, 7) is 8.36. The predicted molar refractivity (Wildman–Crippen MR) is 103 cm³/mol. The van der Waals surface area contributed by atoms with Crippen LogP contribution >= 0.6 is 12.4 Å². The Morgan fingerprint density at radius 2 is 2.04 bits per heavy atom. The third-order valence-corrected chi connectivity index (χ3v) is 4.55. The number of aromatic nitrogens is 1. The van der Waals surface area contributed by atoms with E-state index in [-0.39, 0.29) is 23.7 Å². The molecule has 5 nitrogen and oxygen atoms in total. The first kappa shape index (κ1) is 19.7. The molecule has 2 aromatic rings. The number of amides is 1. The van der Waals surface area contributed by atoms with Gasteiger partial charge in [0.1, 0.15) is 5.52 Å². The highest BCUT2D eigenvalue weighted by Crippen LogP contribution is 2.27. The van der Waals surface area contributed by atoms with Crippen LogP contribution < -0.4 is 10.6 Å². The number of rotatable bonds is 4. The van der Waals surface area contributed by atoms with Crippen molar-refractivity contribution in [3.8, 4) is 0 Å². The smallest absolute Gasteiger partial charge is 0.224 e. The number of halogens is 1. The summed E-state index contributed by atoms with van der Waals surface area (Å²) >= 11 is 0. The number of fused-ring (bicyclic) bond motifs is 1. The van der Waals surface area contributed by atoms with Crippen molar-refractivity contribution in [2.24, 2.45) is 5.92 Å². The van der Waals surface area contributed by atoms with Crippen LogP contribution in [0.25, 0.3) is 11.1 Å². The van der Waals surface area contributed by atoms with Crippen LogP contribution in [0, 0.1) is 5.92 Å². The average molecular weight is 366 g/mol. The van der Waals surface area contributed by atoms with Gasteiger partial charge in [0, 0.05) is 17.5 Å². The van der Waals surface area contributed by atoms with Gasteiger partial charge in [-0.15, -0.1) is 12.4 Å². The normalized spacial score (nSPS) is 15.8. The number of benzene rings is 1. The van der Waals surface area contributed by atoms with Gasteiger partial charge >= 0.3 is 0 Å². The monoisotopic (exact) mass is 365 g/mol. The van der Waals surface area contributed by atoms with E-state index in [1.165, 1.54) is 12.8 Å². The van der Waals surface area contributed by atoms with Crippen molar-refractivity contribution >= 4 is 35.1 Å². The summed E-state index contributed by atoms with van der Waals surface area (Å²) in [5.74, 6) is 1.46. The zero-order chi connectivity index (χ0) is 17.2. The highest BCUT2D eigenvalue weighted by Gasteiger charge is 2.21. The van der Waals surface area contributed by atoms with E-state index in [2.05, 4.69) is 36.4 Å². The van der Waals surface area contributed by atoms with Crippen LogP contribution in [0.3, 0.4) is 0 Å². The van der Waals surface area contributed by atoms with Gasteiger partial charge in [-0.1, -0.05) is 20.8 Å². The zero-order valence-corrected chi connectivity index (χ0v) is 16.0. The van der Waals surface area contributed by atoms with E-state index in [0.717, 1.165) is 36.3 Å². The van der Waals surface area contributed by atoms with Gasteiger partial charge in [-0.2, -0.15) is 0 Å². The molecule has 0 saturated carbocycles. The lowest BCUT2D eigenvalue weighted by molar-refractivity contribution is -0.116. The number of hydrogen-bond donors (Lipinski definition) is 2. The van der Waals surface area contributed by atoms with E-state index >= 15 is 0 Å². The van der Waals surface area contributed by atoms with Crippen molar-refractivity contribution in [3.63, 3.8) is 0 Å². The van der Waals surface area contributed by atoms with Crippen LogP contribution in [0.2, 0.25) is 0 Å². The predicted octanol–water partition coefficient (Wildman–Crippen LogP) is 4.27. The molecular formula is C19H28ClN3O2. The Morgan fingerprint density at radius 1 is 1.32 bits per heavy atom. The number of oxazole rings is 1. The Labute approximate surface area is 155 Å². The van der Waals surface area contributed by atoms with E-state index in [1.54, 1.807) is 0 Å². The van der Waals surface area contributed by atoms with Gasteiger partial charge in [-0.3, -0.25) is 4.79 Å². The maximum Gasteiger partial charge on any atom is 0.224 e. The fraction of sp³-hybridized carbons (Fsp3) is 0.579. The molecule has 1 saturated heterocycles. The first-order valence-corrected chi connectivity index (χ1v) is 8.83. The summed E-state index contributed by atoms with van der Waals surface area (Å²) in [7, 11) is 0. The molecule has 6 heteroatoms. The highest BCUT2D eigenvalue weighted by molar-refractivity contribution is 5.92. The molecule has 0 aliphatic carbocycles. The van der Waals surface area contributed by atoms with Gasteiger partial charge in [0.2, 0.25) is 11.8 Å². The summed E-state index contributed by atoms with van der Waals surface area (Å²) in [6, 6.07) is 5.64. The second-order valence-corrected chi connectivity index (χ2v) is 7.73. The molecule has 1 aliphatic heterocycles. The van der Waals surface area contributed by atoms with Crippen LogP contribution in [0.5, 0.6) is 0 Å². The van der Waals surface area contributed by atoms with E-state index in [4.69, 9.17) is 4.42 Å². The van der Waals surface area contributed by atoms with Gasteiger partial charge < -0.3 is 15.1 Å². The zero-order valence-electron chi connectivity index (χ0n) is 15.2. The maximum absolute atomic E-state index is 12.2. The molecule has 0 bridgehead atoms. The molecule has 0 unspecified atom stereocenters. The number of hydrogen-bond acceptors (Lipinski definition) is 4. The SMILES string of the molecule is CC(C)(C)c1nc2cc(NC(=O)CCC3CCNCC3)ccc2o1.Cl. The maximum atomic E-state index is 12.2. The standard InChI is InChI=1S/C19H27N3O2.ClH/c1-19(2,3)18-22-15-12-14(5-6-16(15)24-18)21-17(23)7-4-13-8-10-20-11-9-13;/h5-6,12-13,20H,4,7-11H2,1-3H3,(H,21,23);1H. The molecule has 25 heavy (non-hydrogen) atoms. The Bertz CT molecular complexity index is 715. The Kier molecular flexibility index (Phi) is 6.47. The van der Waals surface area contributed by atoms with Crippen molar-refractivity contribution < 1.29 is 9.21 Å². The molecule has 2 heterocycles. The molecular weight excluding hydrogens is 338 g/mol. The number of carbonyl (C=O) groups excluding carboxylic acids is 1. The molecule has 1 amide bonds. The van der Waals surface area contributed by atoms with E-state index in [9.17, 15) is 4.79 Å². The van der Waals surface area contributed by atoms with Crippen LogP contribution in [-0.2, 0) is 10.2 Å². The van der Waals surface area contributed by atoms with Crippen molar-refractivity contribution in [1.82, 2.24) is 10.3 Å². The van der Waals surface area contributed by atoms with Crippen LogP contribution in [0.15, 0.2) is 22.6 Å². The summed E-state index contributed by atoms with van der Waals surface area (Å²) in [6.07, 6.45) is 3.89. The lowest BCUT2D eigenvalue weighted by Crippen LogP contribution is -2.28. The van der Waals surface area contributed by atoms with Gasteiger partial charge in [0.25, 0.3) is 0 Å². The first-order chi connectivity index (χ1) is 11.4. The third kappa shape index (κ3) is 5.19. The summed E-state index contributed by atoms with van der Waals surface area (Å²) < 4.78 is 5.79. The number of nitrogens with zero attached hydrogens (tertiary/aromatic N) is 1. The Hall–Kier alpha value is -1.59. The van der Waals surface area contributed by atoms with Crippen molar-refractivity contribution in [1.29, 1.82) is 0 Å². The second-order valence-electron chi connectivity index (χ2n) is 7.73.